The molecule has 0 spiro atoms. The van der Waals surface area contributed by atoms with Gasteiger partial charge in [-0.25, -0.2) is 4.79 Å². The number of rotatable bonds is 7. The molecule has 0 aliphatic carbocycles. The van der Waals surface area contributed by atoms with Crippen LogP contribution in [0.15, 0.2) is 11.9 Å². The minimum absolute atomic E-state index is 0.201. The van der Waals surface area contributed by atoms with Crippen molar-refractivity contribution in [3.63, 3.8) is 0 Å². The average molecular weight is 307 g/mol. The Morgan fingerprint density at radius 3 is 2.05 bits per heavy atom. The first-order chi connectivity index (χ1) is 9.05. The Labute approximate surface area is 121 Å². The third-order valence-electron chi connectivity index (χ3n) is 2.18. The lowest BCUT2D eigenvalue weighted by Crippen LogP contribution is -2.38. The van der Waals surface area contributed by atoms with E-state index in [1.807, 2.05) is 0 Å². The van der Waals surface area contributed by atoms with E-state index < -0.39 is 25.3 Å². The van der Waals surface area contributed by atoms with Gasteiger partial charge in [-0.2, -0.15) is 0 Å². The van der Waals surface area contributed by atoms with Crippen molar-refractivity contribution in [3.05, 3.63) is 11.9 Å². The van der Waals surface area contributed by atoms with Gasteiger partial charge in [-0.3, -0.25) is 4.57 Å². The zero-order valence-corrected chi connectivity index (χ0v) is 14.1. The van der Waals surface area contributed by atoms with Gasteiger partial charge in [0.1, 0.15) is 5.60 Å². The van der Waals surface area contributed by atoms with Gasteiger partial charge < -0.3 is 19.1 Å². The normalized spacial score (nSPS) is 13.7. The zero-order valence-electron chi connectivity index (χ0n) is 13.2. The molecule has 0 radical (unpaired) electrons. The standard InChI is InChI=1S/C13H26NO5P/c1-8-17-20(16,18-9-2)11(4)10(3)14-12(15)19-13(5,6)7/h10H,4,8-9H2,1-3,5-7H3,(H,14,15). The van der Waals surface area contributed by atoms with E-state index in [-0.39, 0.29) is 18.5 Å². The van der Waals surface area contributed by atoms with Gasteiger partial charge in [-0.1, -0.05) is 6.58 Å². The second kappa shape index (κ2) is 7.81. The lowest BCUT2D eigenvalue weighted by molar-refractivity contribution is 0.0516. The van der Waals surface area contributed by atoms with Gasteiger partial charge >= 0.3 is 13.7 Å². The van der Waals surface area contributed by atoms with Crippen LogP contribution in [-0.4, -0.2) is 30.9 Å². The molecule has 0 aromatic carbocycles. The van der Waals surface area contributed by atoms with Gasteiger partial charge in [0, 0.05) is 0 Å². The van der Waals surface area contributed by atoms with E-state index in [1.54, 1.807) is 41.5 Å². The Morgan fingerprint density at radius 1 is 1.25 bits per heavy atom. The minimum Gasteiger partial charge on any atom is -0.444 e. The molecular formula is C13H26NO5P. The highest BCUT2D eigenvalue weighted by Gasteiger charge is 2.32. The van der Waals surface area contributed by atoms with E-state index in [0.29, 0.717) is 0 Å². The lowest BCUT2D eigenvalue weighted by Gasteiger charge is -2.25. The monoisotopic (exact) mass is 307 g/mol. The Bertz CT molecular complexity index is 379. The highest BCUT2D eigenvalue weighted by molar-refractivity contribution is 7.58. The highest BCUT2D eigenvalue weighted by Crippen LogP contribution is 2.56. The molecule has 0 aliphatic rings. The molecule has 0 saturated carbocycles. The maximum Gasteiger partial charge on any atom is 0.408 e. The summed E-state index contributed by atoms with van der Waals surface area (Å²) < 4.78 is 28.0. The summed E-state index contributed by atoms with van der Waals surface area (Å²) in [6, 6.07) is -0.589. The Hall–Kier alpha value is -0.840. The molecule has 0 rings (SSSR count). The van der Waals surface area contributed by atoms with Crippen molar-refractivity contribution in [2.75, 3.05) is 13.2 Å². The van der Waals surface area contributed by atoms with Crippen molar-refractivity contribution < 1.29 is 23.1 Å². The van der Waals surface area contributed by atoms with Crippen LogP contribution in [0.3, 0.4) is 0 Å². The van der Waals surface area contributed by atoms with Crippen molar-refractivity contribution in [3.8, 4) is 0 Å². The summed E-state index contributed by atoms with van der Waals surface area (Å²) in [7, 11) is -3.44. The number of ether oxygens (including phenoxy) is 1. The molecule has 0 fully saturated rings. The van der Waals surface area contributed by atoms with E-state index >= 15 is 0 Å². The van der Waals surface area contributed by atoms with Gasteiger partial charge in [-0.15, -0.1) is 0 Å². The predicted molar refractivity (Wildman–Crippen MR) is 78.8 cm³/mol. The number of nitrogens with one attached hydrogen (secondary N) is 1. The Balaban J connectivity index is 4.75. The van der Waals surface area contributed by atoms with Crippen LogP contribution in [-0.2, 0) is 18.3 Å². The van der Waals surface area contributed by atoms with Crippen LogP contribution in [0.4, 0.5) is 4.79 Å². The van der Waals surface area contributed by atoms with E-state index in [1.165, 1.54) is 0 Å². The van der Waals surface area contributed by atoms with Gasteiger partial charge in [0.2, 0.25) is 0 Å². The van der Waals surface area contributed by atoms with Crippen LogP contribution in [0.25, 0.3) is 0 Å². The van der Waals surface area contributed by atoms with E-state index in [0.717, 1.165) is 0 Å². The number of hydrogen-bond acceptors (Lipinski definition) is 5. The molecule has 20 heavy (non-hydrogen) atoms. The summed E-state index contributed by atoms with van der Waals surface area (Å²) in [5, 5.41) is 2.77. The summed E-state index contributed by atoms with van der Waals surface area (Å²) in [5.74, 6) is 0. The number of hydrogen-bond donors (Lipinski definition) is 1. The second-order valence-corrected chi connectivity index (χ2v) is 7.28. The molecule has 1 atom stereocenters. The van der Waals surface area contributed by atoms with Crippen molar-refractivity contribution in [1.82, 2.24) is 5.32 Å². The van der Waals surface area contributed by atoms with E-state index in [2.05, 4.69) is 11.9 Å². The van der Waals surface area contributed by atoms with Gasteiger partial charge in [-0.05, 0) is 41.5 Å². The number of carbonyl (C=O) groups is 1. The van der Waals surface area contributed by atoms with Crippen LogP contribution >= 0.6 is 7.60 Å². The molecule has 0 aromatic rings. The molecule has 0 heterocycles. The molecule has 0 bridgehead atoms. The maximum atomic E-state index is 12.5. The Morgan fingerprint density at radius 2 is 1.70 bits per heavy atom. The summed E-state index contributed by atoms with van der Waals surface area (Å²) in [4.78, 5) is 11.7. The molecule has 0 aromatic heterocycles. The SMILES string of the molecule is C=C(C(C)NC(=O)OC(C)(C)C)P(=O)(OCC)OCC. The van der Waals surface area contributed by atoms with Crippen molar-refractivity contribution in [1.29, 1.82) is 0 Å². The highest BCUT2D eigenvalue weighted by atomic mass is 31.2. The summed E-state index contributed by atoms with van der Waals surface area (Å²) in [5.41, 5.74) is -0.603. The van der Waals surface area contributed by atoms with Gasteiger partial charge in [0.05, 0.1) is 24.6 Å². The Kier molecular flexibility index (Phi) is 7.49. The fourth-order valence-corrected chi connectivity index (χ4v) is 2.97. The average Bonchev–Trinajstić information content (AvgIpc) is 2.25. The summed E-state index contributed by atoms with van der Waals surface area (Å²) in [6.45, 7) is 14.6. The number of carbonyl (C=O) groups excluding carboxylic acids is 1. The van der Waals surface area contributed by atoms with Crippen LogP contribution in [0, 0.1) is 0 Å². The topological polar surface area (TPSA) is 73.9 Å². The van der Waals surface area contributed by atoms with Crippen LogP contribution < -0.4 is 5.32 Å². The van der Waals surface area contributed by atoms with E-state index in [9.17, 15) is 9.36 Å². The maximum absolute atomic E-state index is 12.5. The summed E-state index contributed by atoms with van der Waals surface area (Å²) in [6.07, 6.45) is -0.606. The first kappa shape index (κ1) is 19.2. The molecular weight excluding hydrogens is 281 g/mol. The molecule has 0 aliphatic heterocycles. The van der Waals surface area contributed by atoms with Crippen molar-refractivity contribution >= 4 is 13.7 Å². The molecule has 118 valence electrons. The van der Waals surface area contributed by atoms with Crippen molar-refractivity contribution in [2.24, 2.45) is 0 Å². The second-order valence-electron chi connectivity index (χ2n) is 5.19. The fraction of sp³-hybridized carbons (Fsp3) is 0.769. The first-order valence-corrected chi connectivity index (χ1v) is 8.18. The molecule has 6 nitrogen and oxygen atoms in total. The molecule has 7 heteroatoms. The largest absolute Gasteiger partial charge is 0.444 e. The quantitative estimate of drug-likeness (QED) is 0.726. The van der Waals surface area contributed by atoms with Crippen LogP contribution in [0.2, 0.25) is 0 Å². The van der Waals surface area contributed by atoms with Crippen LogP contribution in [0.1, 0.15) is 41.5 Å². The van der Waals surface area contributed by atoms with Crippen LogP contribution in [0.5, 0.6) is 0 Å². The minimum atomic E-state index is -3.44. The number of alkyl carbamates (subject to hydrolysis) is 1. The zero-order chi connectivity index (χ0) is 16.0. The first-order valence-electron chi connectivity index (χ1n) is 6.63. The number of amides is 1. The van der Waals surface area contributed by atoms with E-state index in [4.69, 9.17) is 13.8 Å². The molecule has 1 N–H and O–H groups in total. The molecule has 1 unspecified atom stereocenters. The third kappa shape index (κ3) is 6.55. The molecule has 1 amide bonds. The predicted octanol–water partition coefficient (Wildman–Crippen LogP) is 3.68. The third-order valence-corrected chi connectivity index (χ3v) is 4.47. The molecule has 0 saturated heterocycles. The lowest BCUT2D eigenvalue weighted by atomic mass is 10.2. The van der Waals surface area contributed by atoms with Gasteiger partial charge in [0.15, 0.2) is 0 Å². The summed E-state index contributed by atoms with van der Waals surface area (Å²) >= 11 is 0. The van der Waals surface area contributed by atoms with Crippen molar-refractivity contribution in [2.45, 2.75) is 53.2 Å². The van der Waals surface area contributed by atoms with Gasteiger partial charge in [0.25, 0.3) is 0 Å². The fourth-order valence-electron chi connectivity index (χ4n) is 1.35. The smallest absolute Gasteiger partial charge is 0.408 e.